The summed E-state index contributed by atoms with van der Waals surface area (Å²) in [6.45, 7) is 3.13. The molecule has 1 amide bonds. The minimum Gasteiger partial charge on any atom is -0.481 e. The molecule has 23 heavy (non-hydrogen) atoms. The molecule has 3 rings (SSSR count). The number of carbonyl (C=O) groups is 2. The van der Waals surface area contributed by atoms with Gasteiger partial charge in [0.05, 0.1) is 5.92 Å². The summed E-state index contributed by atoms with van der Waals surface area (Å²) < 4.78 is 2.20. The van der Waals surface area contributed by atoms with Gasteiger partial charge in [-0.15, -0.1) is 0 Å². The Morgan fingerprint density at radius 2 is 2.04 bits per heavy atom. The molecule has 2 N–H and O–H groups in total. The molecule has 1 aliphatic rings. The van der Waals surface area contributed by atoms with Crippen LogP contribution in [0.15, 0.2) is 30.5 Å². The maximum absolute atomic E-state index is 12.3. The van der Waals surface area contributed by atoms with E-state index in [1.54, 1.807) is 0 Å². The Kier molecular flexibility index (Phi) is 4.37. The average Bonchev–Trinajstić information content (AvgIpc) is 3.15. The van der Waals surface area contributed by atoms with Crippen LogP contribution >= 0.6 is 0 Å². The second kappa shape index (κ2) is 6.44. The van der Waals surface area contributed by atoms with Crippen LogP contribution in [0.4, 0.5) is 5.69 Å². The van der Waals surface area contributed by atoms with Gasteiger partial charge >= 0.3 is 5.97 Å². The van der Waals surface area contributed by atoms with Gasteiger partial charge in [-0.2, -0.15) is 0 Å². The second-order valence-corrected chi connectivity index (χ2v) is 6.32. The van der Waals surface area contributed by atoms with Crippen LogP contribution in [0.2, 0.25) is 0 Å². The third kappa shape index (κ3) is 3.23. The lowest BCUT2D eigenvalue weighted by molar-refractivity contribution is -0.141. The van der Waals surface area contributed by atoms with Gasteiger partial charge in [-0.25, -0.2) is 0 Å². The number of hydrogen-bond donors (Lipinski definition) is 2. The molecule has 0 saturated heterocycles. The molecular formula is C18H22N2O3. The Balaban J connectivity index is 1.69. The highest BCUT2D eigenvalue weighted by Gasteiger charge is 2.33. The van der Waals surface area contributed by atoms with Crippen LogP contribution in [0.25, 0.3) is 10.9 Å². The fourth-order valence-corrected chi connectivity index (χ4v) is 3.40. The SMILES string of the molecule is CCCn1ccc2cc(NC(=O)[C@@H]3CC[C@H](C(=O)O)C3)ccc21. The summed E-state index contributed by atoms with van der Waals surface area (Å²) in [5.41, 5.74) is 1.94. The smallest absolute Gasteiger partial charge is 0.306 e. The first-order valence-electron chi connectivity index (χ1n) is 8.21. The Morgan fingerprint density at radius 3 is 2.74 bits per heavy atom. The number of hydrogen-bond acceptors (Lipinski definition) is 2. The van der Waals surface area contributed by atoms with Crippen molar-refractivity contribution in [3.63, 3.8) is 0 Å². The Bertz CT molecular complexity index is 735. The zero-order valence-electron chi connectivity index (χ0n) is 13.3. The number of carboxylic acids is 1. The van der Waals surface area contributed by atoms with Crippen molar-refractivity contribution in [2.45, 2.75) is 39.2 Å². The normalized spacial score (nSPS) is 20.7. The van der Waals surface area contributed by atoms with E-state index in [0.29, 0.717) is 19.3 Å². The van der Waals surface area contributed by atoms with Crippen molar-refractivity contribution >= 4 is 28.5 Å². The van der Waals surface area contributed by atoms with E-state index in [9.17, 15) is 9.59 Å². The second-order valence-electron chi connectivity index (χ2n) is 6.32. The van der Waals surface area contributed by atoms with Crippen LogP contribution in [-0.2, 0) is 16.1 Å². The molecule has 1 aliphatic carbocycles. The summed E-state index contributed by atoms with van der Waals surface area (Å²) >= 11 is 0. The monoisotopic (exact) mass is 314 g/mol. The molecule has 5 nitrogen and oxygen atoms in total. The number of nitrogens with one attached hydrogen (secondary N) is 1. The van der Waals surface area contributed by atoms with Crippen LogP contribution < -0.4 is 5.32 Å². The summed E-state index contributed by atoms with van der Waals surface area (Å²) in [6.07, 6.45) is 4.82. The lowest BCUT2D eigenvalue weighted by Crippen LogP contribution is -2.21. The summed E-state index contributed by atoms with van der Waals surface area (Å²) in [5, 5.41) is 13.1. The molecule has 1 fully saturated rings. The van der Waals surface area contributed by atoms with E-state index in [0.717, 1.165) is 29.6 Å². The van der Waals surface area contributed by atoms with Crippen molar-refractivity contribution in [3.05, 3.63) is 30.5 Å². The van der Waals surface area contributed by atoms with E-state index in [2.05, 4.69) is 29.1 Å². The Labute approximate surface area is 135 Å². The molecule has 1 saturated carbocycles. The minimum absolute atomic E-state index is 0.0684. The summed E-state index contributed by atoms with van der Waals surface area (Å²) in [7, 11) is 0. The number of aromatic nitrogens is 1. The van der Waals surface area contributed by atoms with Crippen molar-refractivity contribution in [1.29, 1.82) is 0 Å². The number of anilines is 1. The van der Waals surface area contributed by atoms with Crippen molar-refractivity contribution in [2.24, 2.45) is 11.8 Å². The largest absolute Gasteiger partial charge is 0.481 e. The van der Waals surface area contributed by atoms with E-state index >= 15 is 0 Å². The van der Waals surface area contributed by atoms with Gasteiger partial charge in [0.2, 0.25) is 5.91 Å². The first-order chi connectivity index (χ1) is 11.1. The zero-order valence-corrected chi connectivity index (χ0v) is 13.3. The predicted molar refractivity (Wildman–Crippen MR) is 89.3 cm³/mol. The molecule has 122 valence electrons. The van der Waals surface area contributed by atoms with Crippen molar-refractivity contribution < 1.29 is 14.7 Å². The molecule has 2 aromatic rings. The molecular weight excluding hydrogens is 292 g/mol. The number of amides is 1. The molecule has 0 spiro atoms. The fourth-order valence-electron chi connectivity index (χ4n) is 3.40. The first-order valence-corrected chi connectivity index (χ1v) is 8.21. The van der Waals surface area contributed by atoms with Gasteiger partial charge in [-0.1, -0.05) is 6.92 Å². The molecule has 1 aromatic heterocycles. The average molecular weight is 314 g/mol. The number of rotatable bonds is 5. The van der Waals surface area contributed by atoms with Gasteiger partial charge in [-0.05, 0) is 49.9 Å². The third-order valence-electron chi connectivity index (χ3n) is 4.66. The first kappa shape index (κ1) is 15.6. The van der Waals surface area contributed by atoms with Crippen molar-refractivity contribution in [3.8, 4) is 0 Å². The summed E-state index contributed by atoms with van der Waals surface area (Å²) in [5.74, 6) is -1.44. The molecule has 0 bridgehead atoms. The molecule has 5 heteroatoms. The summed E-state index contributed by atoms with van der Waals surface area (Å²) in [6, 6.07) is 7.96. The number of nitrogens with zero attached hydrogens (tertiary/aromatic N) is 1. The fraction of sp³-hybridized carbons (Fsp3) is 0.444. The van der Waals surface area contributed by atoms with Crippen LogP contribution in [0.1, 0.15) is 32.6 Å². The van der Waals surface area contributed by atoms with Gasteiger partial charge in [0.25, 0.3) is 0 Å². The van der Waals surface area contributed by atoms with Crippen LogP contribution in [0.5, 0.6) is 0 Å². The minimum atomic E-state index is -0.793. The number of benzene rings is 1. The number of carboxylic acid groups (broad SMARTS) is 1. The molecule has 2 atom stereocenters. The molecule has 0 unspecified atom stereocenters. The van der Waals surface area contributed by atoms with Crippen LogP contribution in [0.3, 0.4) is 0 Å². The van der Waals surface area contributed by atoms with E-state index in [4.69, 9.17) is 5.11 Å². The van der Waals surface area contributed by atoms with Gasteiger partial charge in [0.15, 0.2) is 0 Å². The standard InChI is InChI=1S/C18H22N2O3/c1-2-8-20-9-7-12-11-15(5-6-16(12)20)19-17(21)13-3-4-14(10-13)18(22)23/h5-7,9,11,13-14H,2-4,8,10H2,1H3,(H,19,21)(H,22,23)/t13-,14+/m1/s1. The molecule has 0 aliphatic heterocycles. The predicted octanol–water partition coefficient (Wildman–Crippen LogP) is 3.49. The van der Waals surface area contributed by atoms with E-state index in [1.807, 2.05) is 18.2 Å². The quantitative estimate of drug-likeness (QED) is 0.887. The number of fused-ring (bicyclic) bond motifs is 1. The van der Waals surface area contributed by atoms with Gasteiger partial charge in [0, 0.05) is 35.2 Å². The van der Waals surface area contributed by atoms with E-state index in [1.165, 1.54) is 0 Å². The molecule has 0 radical (unpaired) electrons. The number of aryl methyl sites for hydroxylation is 1. The van der Waals surface area contributed by atoms with Gasteiger partial charge < -0.3 is 15.0 Å². The lowest BCUT2D eigenvalue weighted by atomic mass is 10.0. The lowest BCUT2D eigenvalue weighted by Gasteiger charge is -2.11. The summed E-state index contributed by atoms with van der Waals surface area (Å²) in [4.78, 5) is 23.3. The highest BCUT2D eigenvalue weighted by molar-refractivity contribution is 5.95. The number of carbonyl (C=O) groups excluding carboxylic acids is 1. The maximum Gasteiger partial charge on any atom is 0.306 e. The Morgan fingerprint density at radius 1 is 1.26 bits per heavy atom. The van der Waals surface area contributed by atoms with Crippen molar-refractivity contribution in [1.82, 2.24) is 4.57 Å². The zero-order chi connectivity index (χ0) is 16.4. The van der Waals surface area contributed by atoms with Crippen LogP contribution in [0, 0.1) is 11.8 Å². The van der Waals surface area contributed by atoms with Crippen LogP contribution in [-0.4, -0.2) is 21.6 Å². The van der Waals surface area contributed by atoms with E-state index in [-0.39, 0.29) is 17.7 Å². The Hall–Kier alpha value is -2.30. The highest BCUT2D eigenvalue weighted by Crippen LogP contribution is 2.32. The van der Waals surface area contributed by atoms with Crippen molar-refractivity contribution in [2.75, 3.05) is 5.32 Å². The third-order valence-corrected chi connectivity index (χ3v) is 4.66. The highest BCUT2D eigenvalue weighted by atomic mass is 16.4. The maximum atomic E-state index is 12.3. The topological polar surface area (TPSA) is 71.3 Å². The molecule has 1 aromatic carbocycles. The van der Waals surface area contributed by atoms with Gasteiger partial charge in [-0.3, -0.25) is 9.59 Å². The van der Waals surface area contributed by atoms with Gasteiger partial charge in [0.1, 0.15) is 0 Å². The van der Waals surface area contributed by atoms with E-state index < -0.39 is 5.97 Å². The number of aliphatic carboxylic acids is 1. The molecule has 1 heterocycles.